The van der Waals surface area contributed by atoms with Crippen LogP contribution in [0.15, 0.2) is 18.2 Å². The van der Waals surface area contributed by atoms with E-state index in [9.17, 15) is 13.6 Å². The Morgan fingerprint density at radius 2 is 1.83 bits per heavy atom. The third-order valence-electron chi connectivity index (χ3n) is 2.58. The van der Waals surface area contributed by atoms with Gasteiger partial charge in [-0.2, -0.15) is 0 Å². The lowest BCUT2D eigenvalue weighted by atomic mass is 10.1. The van der Waals surface area contributed by atoms with E-state index in [4.69, 9.17) is 5.73 Å². The zero-order valence-electron chi connectivity index (χ0n) is 10.5. The molecule has 0 radical (unpaired) electrons. The molecule has 0 aliphatic heterocycles. The van der Waals surface area contributed by atoms with Crippen LogP contribution < -0.4 is 5.73 Å². The maximum Gasteiger partial charge on any atom is 0.254 e. The maximum atomic E-state index is 13.1. The molecule has 5 heteroatoms. The highest BCUT2D eigenvalue weighted by molar-refractivity contribution is 5.94. The number of unbranched alkanes of at least 4 members (excludes halogenated alkanes) is 1. The van der Waals surface area contributed by atoms with Crippen molar-refractivity contribution < 1.29 is 13.6 Å². The summed E-state index contributed by atoms with van der Waals surface area (Å²) in [5.41, 5.74) is 5.46. The Morgan fingerprint density at radius 3 is 2.33 bits per heavy atom. The molecule has 1 rings (SSSR count). The summed E-state index contributed by atoms with van der Waals surface area (Å²) in [6, 6.07) is 2.83. The van der Waals surface area contributed by atoms with Gasteiger partial charge in [-0.05, 0) is 18.6 Å². The SMILES string of the molecule is CCCCN(CCN)C(=O)c1cc(F)cc(F)c1. The fourth-order valence-corrected chi connectivity index (χ4v) is 1.68. The average Bonchev–Trinajstić information content (AvgIpc) is 2.32. The van der Waals surface area contributed by atoms with Crippen LogP contribution in [-0.2, 0) is 0 Å². The van der Waals surface area contributed by atoms with Crippen LogP contribution in [0.1, 0.15) is 30.1 Å². The number of nitrogens with zero attached hydrogens (tertiary/aromatic N) is 1. The van der Waals surface area contributed by atoms with Gasteiger partial charge >= 0.3 is 0 Å². The number of carbonyl (C=O) groups excluding carboxylic acids is 1. The van der Waals surface area contributed by atoms with Crippen LogP contribution in [0.3, 0.4) is 0 Å². The molecule has 0 atom stereocenters. The molecule has 2 N–H and O–H groups in total. The van der Waals surface area contributed by atoms with Gasteiger partial charge in [-0.3, -0.25) is 4.79 Å². The summed E-state index contributed by atoms with van der Waals surface area (Å²) in [4.78, 5) is 13.6. The van der Waals surface area contributed by atoms with Crippen LogP contribution in [0.4, 0.5) is 8.78 Å². The van der Waals surface area contributed by atoms with Crippen LogP contribution in [0.2, 0.25) is 0 Å². The summed E-state index contributed by atoms with van der Waals surface area (Å²) in [5, 5.41) is 0. The maximum absolute atomic E-state index is 13.1. The molecular weight excluding hydrogens is 238 g/mol. The lowest BCUT2D eigenvalue weighted by molar-refractivity contribution is 0.0757. The van der Waals surface area contributed by atoms with E-state index in [0.29, 0.717) is 19.6 Å². The summed E-state index contributed by atoms with van der Waals surface area (Å²) in [5.74, 6) is -1.88. The van der Waals surface area contributed by atoms with Crippen molar-refractivity contribution in [2.24, 2.45) is 5.73 Å². The van der Waals surface area contributed by atoms with Gasteiger partial charge in [0.2, 0.25) is 0 Å². The fourth-order valence-electron chi connectivity index (χ4n) is 1.68. The number of nitrogens with two attached hydrogens (primary N) is 1. The van der Waals surface area contributed by atoms with E-state index in [2.05, 4.69) is 0 Å². The molecule has 0 saturated heterocycles. The van der Waals surface area contributed by atoms with E-state index in [1.165, 1.54) is 4.90 Å². The summed E-state index contributed by atoms with van der Waals surface area (Å²) < 4.78 is 26.1. The number of hydrogen-bond acceptors (Lipinski definition) is 2. The predicted molar refractivity (Wildman–Crippen MR) is 66.2 cm³/mol. The van der Waals surface area contributed by atoms with Crippen LogP contribution in [0.5, 0.6) is 0 Å². The third kappa shape index (κ3) is 4.07. The van der Waals surface area contributed by atoms with Crippen molar-refractivity contribution in [2.45, 2.75) is 19.8 Å². The van der Waals surface area contributed by atoms with E-state index in [1.807, 2.05) is 6.92 Å². The van der Waals surface area contributed by atoms with E-state index in [1.54, 1.807) is 0 Å². The molecule has 0 saturated carbocycles. The second kappa shape index (κ2) is 7.06. The first kappa shape index (κ1) is 14.6. The number of carbonyl (C=O) groups is 1. The highest BCUT2D eigenvalue weighted by Gasteiger charge is 2.16. The monoisotopic (exact) mass is 256 g/mol. The molecular formula is C13H18F2N2O. The highest BCUT2D eigenvalue weighted by Crippen LogP contribution is 2.11. The molecule has 1 aromatic carbocycles. The molecule has 0 aliphatic rings. The number of halogens is 2. The second-order valence-corrected chi connectivity index (χ2v) is 4.09. The Labute approximate surface area is 106 Å². The van der Waals surface area contributed by atoms with Gasteiger partial charge in [0.05, 0.1) is 0 Å². The molecule has 100 valence electrons. The topological polar surface area (TPSA) is 46.3 Å². The van der Waals surface area contributed by atoms with Crippen molar-refractivity contribution in [3.8, 4) is 0 Å². The van der Waals surface area contributed by atoms with Crippen LogP contribution >= 0.6 is 0 Å². The van der Waals surface area contributed by atoms with E-state index < -0.39 is 11.6 Å². The quantitative estimate of drug-likeness (QED) is 0.847. The molecule has 18 heavy (non-hydrogen) atoms. The van der Waals surface area contributed by atoms with Gasteiger partial charge in [-0.25, -0.2) is 8.78 Å². The normalized spacial score (nSPS) is 10.4. The lowest BCUT2D eigenvalue weighted by Crippen LogP contribution is -2.36. The average molecular weight is 256 g/mol. The minimum atomic E-state index is -0.749. The van der Waals surface area contributed by atoms with Crippen molar-refractivity contribution in [3.63, 3.8) is 0 Å². The molecule has 0 heterocycles. The van der Waals surface area contributed by atoms with Crippen LogP contribution in [-0.4, -0.2) is 30.4 Å². The second-order valence-electron chi connectivity index (χ2n) is 4.09. The van der Waals surface area contributed by atoms with Gasteiger partial charge < -0.3 is 10.6 Å². The van der Waals surface area contributed by atoms with E-state index in [0.717, 1.165) is 31.0 Å². The molecule has 0 fully saturated rings. The van der Waals surface area contributed by atoms with Gasteiger partial charge in [0.15, 0.2) is 0 Å². The first-order valence-electron chi connectivity index (χ1n) is 6.04. The fraction of sp³-hybridized carbons (Fsp3) is 0.462. The van der Waals surface area contributed by atoms with E-state index in [-0.39, 0.29) is 11.5 Å². The Hall–Kier alpha value is -1.49. The van der Waals surface area contributed by atoms with Gasteiger partial charge in [0, 0.05) is 31.3 Å². The first-order chi connectivity index (χ1) is 8.58. The van der Waals surface area contributed by atoms with Gasteiger partial charge in [-0.15, -0.1) is 0 Å². The van der Waals surface area contributed by atoms with Crippen molar-refractivity contribution in [2.75, 3.05) is 19.6 Å². The molecule has 0 spiro atoms. The number of amides is 1. The Kier molecular flexibility index (Phi) is 5.71. The molecule has 1 aromatic rings. The molecule has 0 aromatic heterocycles. The highest BCUT2D eigenvalue weighted by atomic mass is 19.1. The van der Waals surface area contributed by atoms with Gasteiger partial charge in [0.25, 0.3) is 5.91 Å². The minimum absolute atomic E-state index is 0.0250. The largest absolute Gasteiger partial charge is 0.337 e. The van der Waals surface area contributed by atoms with Gasteiger partial charge in [0.1, 0.15) is 11.6 Å². The minimum Gasteiger partial charge on any atom is -0.337 e. The van der Waals surface area contributed by atoms with Gasteiger partial charge in [-0.1, -0.05) is 13.3 Å². The van der Waals surface area contributed by atoms with Crippen molar-refractivity contribution >= 4 is 5.91 Å². The summed E-state index contributed by atoms with van der Waals surface area (Å²) in [6.07, 6.45) is 1.77. The predicted octanol–water partition coefficient (Wildman–Crippen LogP) is 2.17. The zero-order chi connectivity index (χ0) is 13.5. The van der Waals surface area contributed by atoms with Crippen molar-refractivity contribution in [1.82, 2.24) is 4.90 Å². The van der Waals surface area contributed by atoms with Crippen molar-refractivity contribution in [3.05, 3.63) is 35.4 Å². The Balaban J connectivity index is 2.86. The van der Waals surface area contributed by atoms with Crippen molar-refractivity contribution in [1.29, 1.82) is 0 Å². The third-order valence-corrected chi connectivity index (χ3v) is 2.58. The summed E-state index contributed by atoms with van der Waals surface area (Å²) >= 11 is 0. The zero-order valence-corrected chi connectivity index (χ0v) is 10.5. The summed E-state index contributed by atoms with van der Waals surface area (Å²) in [7, 11) is 0. The Morgan fingerprint density at radius 1 is 1.22 bits per heavy atom. The number of benzene rings is 1. The van der Waals surface area contributed by atoms with Crippen LogP contribution in [0.25, 0.3) is 0 Å². The van der Waals surface area contributed by atoms with E-state index >= 15 is 0 Å². The smallest absolute Gasteiger partial charge is 0.254 e. The molecule has 0 unspecified atom stereocenters. The number of hydrogen-bond donors (Lipinski definition) is 1. The number of rotatable bonds is 6. The summed E-state index contributed by atoms with van der Waals surface area (Å²) in [6.45, 7) is 3.27. The first-order valence-corrected chi connectivity index (χ1v) is 6.04. The molecule has 1 amide bonds. The molecule has 0 aliphatic carbocycles. The Bertz CT molecular complexity index is 390. The molecule has 3 nitrogen and oxygen atoms in total. The van der Waals surface area contributed by atoms with Crippen LogP contribution in [0, 0.1) is 11.6 Å². The molecule has 0 bridgehead atoms. The lowest BCUT2D eigenvalue weighted by Gasteiger charge is -2.21. The standard InChI is InChI=1S/C13H18F2N2O/c1-2-3-5-17(6-4-16)13(18)10-7-11(14)9-12(15)8-10/h7-9H,2-6,16H2,1H3.